The molecule has 0 saturated heterocycles. The summed E-state index contributed by atoms with van der Waals surface area (Å²) in [6.45, 7) is 5.08. The summed E-state index contributed by atoms with van der Waals surface area (Å²) in [5.41, 5.74) is 4.57. The van der Waals surface area contributed by atoms with Gasteiger partial charge in [0.25, 0.3) is 0 Å². The number of hydrogen-bond acceptors (Lipinski definition) is 5. The first kappa shape index (κ1) is 15.8. The van der Waals surface area contributed by atoms with Gasteiger partial charge in [0.05, 0.1) is 18.8 Å². The lowest BCUT2D eigenvalue weighted by atomic mass is 10.0. The SMILES string of the molecule is COCCOCCCOCCC(C)(O)CN. The summed E-state index contributed by atoms with van der Waals surface area (Å²) in [4.78, 5) is 0. The van der Waals surface area contributed by atoms with Gasteiger partial charge in [-0.05, 0) is 13.3 Å². The molecule has 0 aromatic carbocycles. The summed E-state index contributed by atoms with van der Waals surface area (Å²) in [6, 6.07) is 0. The van der Waals surface area contributed by atoms with Crippen molar-refractivity contribution < 1.29 is 19.3 Å². The van der Waals surface area contributed by atoms with Crippen LogP contribution in [0.2, 0.25) is 0 Å². The fraction of sp³-hybridized carbons (Fsp3) is 1.00. The topological polar surface area (TPSA) is 73.9 Å². The van der Waals surface area contributed by atoms with E-state index in [-0.39, 0.29) is 6.54 Å². The highest BCUT2D eigenvalue weighted by molar-refractivity contribution is 4.72. The minimum Gasteiger partial charge on any atom is -0.389 e. The second kappa shape index (κ2) is 9.99. The Morgan fingerprint density at radius 2 is 1.69 bits per heavy atom. The zero-order chi connectivity index (χ0) is 12.3. The summed E-state index contributed by atoms with van der Waals surface area (Å²) < 4.78 is 15.5. The van der Waals surface area contributed by atoms with E-state index < -0.39 is 5.60 Å². The number of methoxy groups -OCH3 is 1. The molecule has 0 heterocycles. The summed E-state index contributed by atoms with van der Waals surface area (Å²) in [5, 5.41) is 9.58. The summed E-state index contributed by atoms with van der Waals surface area (Å²) in [6.07, 6.45) is 1.42. The molecule has 0 fully saturated rings. The lowest BCUT2D eigenvalue weighted by molar-refractivity contribution is 0.0128. The molecule has 0 rings (SSSR count). The molecule has 0 saturated carbocycles. The average Bonchev–Trinajstić information content (AvgIpc) is 2.27. The monoisotopic (exact) mass is 235 g/mol. The molecule has 0 spiro atoms. The number of rotatable bonds is 11. The van der Waals surface area contributed by atoms with Gasteiger partial charge in [0, 0.05) is 39.9 Å². The Kier molecular flexibility index (Phi) is 9.86. The van der Waals surface area contributed by atoms with Gasteiger partial charge >= 0.3 is 0 Å². The van der Waals surface area contributed by atoms with Gasteiger partial charge in [0.15, 0.2) is 0 Å². The van der Waals surface area contributed by atoms with Crippen LogP contribution in [0.25, 0.3) is 0 Å². The smallest absolute Gasteiger partial charge is 0.0763 e. The Balaban J connectivity index is 3.10. The van der Waals surface area contributed by atoms with Gasteiger partial charge in [0.2, 0.25) is 0 Å². The zero-order valence-electron chi connectivity index (χ0n) is 10.4. The van der Waals surface area contributed by atoms with Crippen LogP contribution in [-0.2, 0) is 14.2 Å². The van der Waals surface area contributed by atoms with Crippen LogP contribution in [-0.4, -0.2) is 57.4 Å². The van der Waals surface area contributed by atoms with E-state index in [1.807, 2.05) is 0 Å². The van der Waals surface area contributed by atoms with Gasteiger partial charge in [-0.3, -0.25) is 0 Å². The molecule has 0 aliphatic heterocycles. The molecule has 0 bridgehead atoms. The van der Waals surface area contributed by atoms with Crippen molar-refractivity contribution in [2.24, 2.45) is 5.73 Å². The standard InChI is InChI=1S/C11H25NO4/c1-11(13,10-12)4-7-15-5-3-6-16-9-8-14-2/h13H,3-10,12H2,1-2H3. The first-order chi connectivity index (χ1) is 7.62. The fourth-order valence-corrected chi connectivity index (χ4v) is 1.00. The minimum absolute atomic E-state index is 0.260. The maximum Gasteiger partial charge on any atom is 0.0763 e. The third-order valence-electron chi connectivity index (χ3n) is 2.23. The van der Waals surface area contributed by atoms with Gasteiger partial charge in [0.1, 0.15) is 0 Å². The maximum atomic E-state index is 9.58. The highest BCUT2D eigenvalue weighted by atomic mass is 16.5. The predicted octanol–water partition coefficient (Wildman–Crippen LogP) is 0.156. The average molecular weight is 235 g/mol. The molecule has 0 radical (unpaired) electrons. The number of hydrogen-bond donors (Lipinski definition) is 2. The van der Waals surface area contributed by atoms with Crippen LogP contribution in [0.4, 0.5) is 0 Å². The van der Waals surface area contributed by atoms with Crippen LogP contribution in [0.5, 0.6) is 0 Å². The van der Waals surface area contributed by atoms with Gasteiger partial charge < -0.3 is 25.1 Å². The molecule has 1 unspecified atom stereocenters. The van der Waals surface area contributed by atoms with E-state index in [4.69, 9.17) is 19.9 Å². The molecule has 5 nitrogen and oxygen atoms in total. The Morgan fingerprint density at radius 3 is 2.25 bits per heavy atom. The summed E-state index contributed by atoms with van der Waals surface area (Å²) in [5.74, 6) is 0. The van der Waals surface area contributed by atoms with Crippen molar-refractivity contribution in [1.29, 1.82) is 0 Å². The summed E-state index contributed by atoms with van der Waals surface area (Å²) >= 11 is 0. The van der Waals surface area contributed by atoms with Crippen LogP contribution in [0.15, 0.2) is 0 Å². The van der Waals surface area contributed by atoms with E-state index in [2.05, 4.69) is 0 Å². The van der Waals surface area contributed by atoms with Crippen LogP contribution in [0.3, 0.4) is 0 Å². The Bertz CT molecular complexity index is 153. The van der Waals surface area contributed by atoms with Gasteiger partial charge in [-0.25, -0.2) is 0 Å². The van der Waals surface area contributed by atoms with E-state index in [0.29, 0.717) is 39.5 Å². The van der Waals surface area contributed by atoms with E-state index in [0.717, 1.165) is 6.42 Å². The molecule has 5 heteroatoms. The van der Waals surface area contributed by atoms with Crippen LogP contribution < -0.4 is 5.73 Å². The second-order valence-corrected chi connectivity index (χ2v) is 4.02. The number of nitrogens with two attached hydrogens (primary N) is 1. The van der Waals surface area contributed by atoms with Crippen molar-refractivity contribution in [1.82, 2.24) is 0 Å². The van der Waals surface area contributed by atoms with Crippen molar-refractivity contribution in [3.63, 3.8) is 0 Å². The molecular weight excluding hydrogens is 210 g/mol. The molecular formula is C11H25NO4. The van der Waals surface area contributed by atoms with Crippen molar-refractivity contribution >= 4 is 0 Å². The Labute approximate surface area is 97.9 Å². The Morgan fingerprint density at radius 1 is 1.06 bits per heavy atom. The molecule has 0 aromatic rings. The lowest BCUT2D eigenvalue weighted by Gasteiger charge is -2.20. The first-order valence-corrected chi connectivity index (χ1v) is 5.69. The van der Waals surface area contributed by atoms with Crippen LogP contribution in [0, 0.1) is 0 Å². The molecule has 98 valence electrons. The van der Waals surface area contributed by atoms with Gasteiger partial charge in [-0.15, -0.1) is 0 Å². The summed E-state index contributed by atoms with van der Waals surface area (Å²) in [7, 11) is 1.65. The van der Waals surface area contributed by atoms with E-state index >= 15 is 0 Å². The quantitative estimate of drug-likeness (QED) is 0.499. The normalized spacial score (nSPS) is 15.0. The molecule has 0 amide bonds. The van der Waals surface area contributed by atoms with Gasteiger partial charge in [-0.1, -0.05) is 0 Å². The molecule has 3 N–H and O–H groups in total. The number of aliphatic hydroxyl groups is 1. The zero-order valence-corrected chi connectivity index (χ0v) is 10.4. The predicted molar refractivity (Wildman–Crippen MR) is 62.4 cm³/mol. The molecule has 0 aliphatic rings. The van der Waals surface area contributed by atoms with Crippen LogP contribution >= 0.6 is 0 Å². The number of ether oxygens (including phenoxy) is 3. The molecule has 16 heavy (non-hydrogen) atoms. The highest BCUT2D eigenvalue weighted by Crippen LogP contribution is 2.06. The fourth-order valence-electron chi connectivity index (χ4n) is 1.00. The van der Waals surface area contributed by atoms with E-state index in [1.54, 1.807) is 14.0 Å². The Hall–Kier alpha value is -0.200. The van der Waals surface area contributed by atoms with Gasteiger partial charge in [-0.2, -0.15) is 0 Å². The van der Waals surface area contributed by atoms with Crippen LogP contribution in [0.1, 0.15) is 19.8 Å². The minimum atomic E-state index is -0.811. The van der Waals surface area contributed by atoms with E-state index in [9.17, 15) is 5.11 Å². The molecule has 0 aromatic heterocycles. The van der Waals surface area contributed by atoms with Crippen molar-refractivity contribution in [3.8, 4) is 0 Å². The van der Waals surface area contributed by atoms with Crippen molar-refractivity contribution in [3.05, 3.63) is 0 Å². The highest BCUT2D eigenvalue weighted by Gasteiger charge is 2.16. The lowest BCUT2D eigenvalue weighted by Crippen LogP contribution is -2.35. The van der Waals surface area contributed by atoms with Crippen molar-refractivity contribution in [2.75, 3.05) is 46.7 Å². The second-order valence-electron chi connectivity index (χ2n) is 4.02. The van der Waals surface area contributed by atoms with Crippen molar-refractivity contribution in [2.45, 2.75) is 25.4 Å². The largest absolute Gasteiger partial charge is 0.389 e. The van der Waals surface area contributed by atoms with E-state index in [1.165, 1.54) is 0 Å². The molecule has 0 aliphatic carbocycles. The third-order valence-corrected chi connectivity index (χ3v) is 2.23. The molecule has 1 atom stereocenters. The third kappa shape index (κ3) is 10.3. The first-order valence-electron chi connectivity index (χ1n) is 5.69. The maximum absolute atomic E-state index is 9.58.